The maximum Gasteiger partial charge on any atom is 0.142 e. The molecule has 2 saturated carbocycles. The average molecular weight is 365 g/mol. The van der Waals surface area contributed by atoms with Crippen molar-refractivity contribution in [3.8, 4) is 0 Å². The van der Waals surface area contributed by atoms with Gasteiger partial charge >= 0.3 is 0 Å². The van der Waals surface area contributed by atoms with Crippen molar-refractivity contribution in [2.45, 2.75) is 89.9 Å². The highest BCUT2D eigenvalue weighted by Crippen LogP contribution is 2.44. The van der Waals surface area contributed by atoms with Crippen LogP contribution in [0.25, 0.3) is 0 Å². The van der Waals surface area contributed by atoms with Gasteiger partial charge in [-0.15, -0.1) is 0 Å². The molecule has 2 aliphatic rings. The van der Waals surface area contributed by atoms with Gasteiger partial charge < -0.3 is 0 Å². The van der Waals surface area contributed by atoms with Gasteiger partial charge in [-0.1, -0.05) is 63.1 Å². The molecule has 0 unspecified atom stereocenters. The van der Waals surface area contributed by atoms with Gasteiger partial charge in [0.25, 0.3) is 0 Å². The van der Waals surface area contributed by atoms with Crippen molar-refractivity contribution in [2.24, 2.45) is 17.8 Å². The summed E-state index contributed by atoms with van der Waals surface area (Å²) in [7, 11) is 0. The van der Waals surface area contributed by atoms with Crippen molar-refractivity contribution in [3.05, 3.63) is 34.6 Å². The molecule has 0 atom stereocenters. The molecule has 0 heterocycles. The van der Waals surface area contributed by atoms with Crippen molar-refractivity contribution < 1.29 is 4.39 Å². The summed E-state index contributed by atoms with van der Waals surface area (Å²) >= 11 is 5.82. The summed E-state index contributed by atoms with van der Waals surface area (Å²) in [4.78, 5) is 0. The molecule has 0 spiro atoms. The highest BCUT2D eigenvalue weighted by molar-refractivity contribution is 6.30. The number of hydrogen-bond acceptors (Lipinski definition) is 0. The summed E-state index contributed by atoms with van der Waals surface area (Å²) in [6.07, 6.45) is 16.6. The molecule has 1 aromatic carbocycles. The summed E-state index contributed by atoms with van der Waals surface area (Å²) in [6.45, 7) is 2.30. The molecule has 0 amide bonds. The molecule has 2 fully saturated rings. The normalized spacial score (nSPS) is 30.4. The van der Waals surface area contributed by atoms with E-state index in [1.54, 1.807) is 12.1 Å². The quantitative estimate of drug-likeness (QED) is 0.447. The van der Waals surface area contributed by atoms with Gasteiger partial charge in [-0.05, 0) is 79.9 Å². The molecule has 0 aliphatic heterocycles. The van der Waals surface area contributed by atoms with Crippen LogP contribution in [0.5, 0.6) is 0 Å². The summed E-state index contributed by atoms with van der Waals surface area (Å²) in [5.41, 5.74) is 1.15. The number of unbranched alkanes of at least 4 members (excludes halogenated alkanes) is 2. The Morgan fingerprint density at radius 2 is 1.56 bits per heavy atom. The molecule has 0 nitrogen and oxygen atoms in total. The maximum atomic E-state index is 13.7. The smallest absolute Gasteiger partial charge is 0.142 e. The zero-order valence-corrected chi connectivity index (χ0v) is 16.5. The van der Waals surface area contributed by atoms with E-state index in [0.717, 1.165) is 23.3 Å². The first-order chi connectivity index (χ1) is 12.2. The van der Waals surface area contributed by atoms with Crippen LogP contribution < -0.4 is 0 Å². The van der Waals surface area contributed by atoms with E-state index in [1.807, 2.05) is 6.07 Å². The van der Waals surface area contributed by atoms with E-state index in [2.05, 4.69) is 6.92 Å². The predicted octanol–water partition coefficient (Wildman–Crippen LogP) is 8.14. The van der Waals surface area contributed by atoms with E-state index in [0.29, 0.717) is 5.92 Å². The maximum absolute atomic E-state index is 13.7. The third kappa shape index (κ3) is 5.22. The summed E-state index contributed by atoms with van der Waals surface area (Å²) in [5.74, 6) is 3.17. The summed E-state index contributed by atoms with van der Waals surface area (Å²) in [6, 6.07) is 5.41. The molecule has 0 saturated heterocycles. The second kappa shape index (κ2) is 9.40. The highest BCUT2D eigenvalue weighted by Gasteiger charge is 2.31. The minimum atomic E-state index is -0.261. The van der Waals surface area contributed by atoms with E-state index in [4.69, 9.17) is 11.6 Å². The second-order valence-corrected chi connectivity index (χ2v) is 8.97. The molecule has 3 rings (SSSR count). The lowest BCUT2D eigenvalue weighted by Crippen LogP contribution is -2.25. The Balaban J connectivity index is 1.43. The molecule has 25 heavy (non-hydrogen) atoms. The number of halogens is 2. The van der Waals surface area contributed by atoms with E-state index in [1.165, 1.54) is 77.0 Å². The Labute approximate surface area is 158 Å². The SMILES string of the molecule is CCCCC[C@H]1CC[C@H](C2CCC(c3ccc(Cl)c(F)c3)CC2)CC1. The van der Waals surface area contributed by atoms with Gasteiger partial charge in [0.15, 0.2) is 0 Å². The standard InChI is InChI=1S/C23H34ClF/c1-2-3-4-5-17-6-8-18(9-7-17)19-10-12-20(13-11-19)21-14-15-22(24)23(25)16-21/h14-20H,2-13H2,1H3/t17-,18-,19?,20?. The zero-order chi connectivity index (χ0) is 17.6. The van der Waals surface area contributed by atoms with Crippen LogP contribution in [0.1, 0.15) is 95.5 Å². The van der Waals surface area contributed by atoms with E-state index < -0.39 is 0 Å². The monoisotopic (exact) mass is 364 g/mol. The Hall–Kier alpha value is -0.560. The fourth-order valence-corrected chi connectivity index (χ4v) is 5.44. The van der Waals surface area contributed by atoms with Crippen LogP contribution in [0.2, 0.25) is 5.02 Å². The van der Waals surface area contributed by atoms with Crippen LogP contribution in [0.3, 0.4) is 0 Å². The molecule has 2 heteroatoms. The Bertz CT molecular complexity index is 525. The van der Waals surface area contributed by atoms with Crippen LogP contribution in [0.4, 0.5) is 4.39 Å². The van der Waals surface area contributed by atoms with Crippen LogP contribution >= 0.6 is 11.6 Å². The van der Waals surface area contributed by atoms with Crippen LogP contribution in [-0.2, 0) is 0 Å². The minimum absolute atomic E-state index is 0.244. The predicted molar refractivity (Wildman–Crippen MR) is 106 cm³/mol. The molecular formula is C23H34ClF. The Morgan fingerprint density at radius 1 is 0.920 bits per heavy atom. The minimum Gasteiger partial charge on any atom is -0.205 e. The lowest BCUT2D eigenvalue weighted by atomic mass is 9.68. The van der Waals surface area contributed by atoms with Crippen molar-refractivity contribution in [1.82, 2.24) is 0 Å². The topological polar surface area (TPSA) is 0 Å². The molecule has 0 radical (unpaired) electrons. The summed E-state index contributed by atoms with van der Waals surface area (Å²) < 4.78 is 13.7. The molecule has 1 aromatic rings. The molecule has 0 aromatic heterocycles. The van der Waals surface area contributed by atoms with Gasteiger partial charge in [-0.3, -0.25) is 0 Å². The van der Waals surface area contributed by atoms with Gasteiger partial charge in [0, 0.05) is 0 Å². The first kappa shape index (κ1) is 19.2. The van der Waals surface area contributed by atoms with Gasteiger partial charge in [0.1, 0.15) is 5.82 Å². The van der Waals surface area contributed by atoms with Crippen LogP contribution in [0, 0.1) is 23.6 Å². The van der Waals surface area contributed by atoms with E-state index in [-0.39, 0.29) is 10.8 Å². The zero-order valence-electron chi connectivity index (χ0n) is 15.8. The van der Waals surface area contributed by atoms with Crippen LogP contribution in [0.15, 0.2) is 18.2 Å². The fraction of sp³-hybridized carbons (Fsp3) is 0.739. The fourth-order valence-electron chi connectivity index (χ4n) is 5.32. The van der Waals surface area contributed by atoms with Crippen molar-refractivity contribution in [2.75, 3.05) is 0 Å². The molecule has 2 aliphatic carbocycles. The van der Waals surface area contributed by atoms with Crippen molar-refractivity contribution in [1.29, 1.82) is 0 Å². The first-order valence-corrected chi connectivity index (χ1v) is 11.0. The van der Waals surface area contributed by atoms with E-state index in [9.17, 15) is 4.39 Å². The first-order valence-electron chi connectivity index (χ1n) is 10.6. The van der Waals surface area contributed by atoms with Crippen molar-refractivity contribution >= 4 is 11.6 Å². The Morgan fingerprint density at radius 3 is 2.16 bits per heavy atom. The van der Waals surface area contributed by atoms with Gasteiger partial charge in [0.2, 0.25) is 0 Å². The molecular weight excluding hydrogens is 331 g/mol. The lowest BCUT2D eigenvalue weighted by molar-refractivity contribution is 0.155. The molecule has 0 N–H and O–H groups in total. The van der Waals surface area contributed by atoms with Gasteiger partial charge in [0.05, 0.1) is 5.02 Å². The number of hydrogen-bond donors (Lipinski definition) is 0. The third-order valence-corrected chi connectivity index (χ3v) is 7.27. The lowest BCUT2D eigenvalue weighted by Gasteiger charge is -2.38. The Kier molecular flexibility index (Phi) is 7.22. The number of rotatable bonds is 6. The van der Waals surface area contributed by atoms with E-state index >= 15 is 0 Å². The number of benzene rings is 1. The summed E-state index contributed by atoms with van der Waals surface area (Å²) in [5, 5.41) is 0.244. The highest BCUT2D eigenvalue weighted by atomic mass is 35.5. The van der Waals surface area contributed by atoms with Gasteiger partial charge in [-0.2, -0.15) is 0 Å². The molecule has 0 bridgehead atoms. The third-order valence-electron chi connectivity index (χ3n) is 6.96. The largest absolute Gasteiger partial charge is 0.205 e. The average Bonchev–Trinajstić information content (AvgIpc) is 2.65. The molecule has 140 valence electrons. The van der Waals surface area contributed by atoms with Gasteiger partial charge in [-0.25, -0.2) is 4.39 Å². The van der Waals surface area contributed by atoms with Crippen LogP contribution in [-0.4, -0.2) is 0 Å². The van der Waals surface area contributed by atoms with Crippen molar-refractivity contribution in [3.63, 3.8) is 0 Å². The second-order valence-electron chi connectivity index (χ2n) is 8.56.